The molecule has 2 amide bonds. The Balaban J connectivity index is 1.37. The summed E-state index contributed by atoms with van der Waals surface area (Å²) < 4.78 is 26.7. The minimum absolute atomic E-state index is 0.0752. The summed E-state index contributed by atoms with van der Waals surface area (Å²) in [6, 6.07) is 10.6. The summed E-state index contributed by atoms with van der Waals surface area (Å²) in [5.74, 6) is -0.218. The van der Waals surface area contributed by atoms with Gasteiger partial charge in [-0.3, -0.25) is 9.59 Å². The number of pyridine rings is 1. The number of aromatic nitrogens is 1. The predicted octanol–water partition coefficient (Wildman–Crippen LogP) is 5.66. The van der Waals surface area contributed by atoms with Crippen molar-refractivity contribution >= 4 is 39.9 Å². The Hall–Kier alpha value is -3.55. The van der Waals surface area contributed by atoms with Crippen LogP contribution in [-0.4, -0.2) is 29.9 Å². The Morgan fingerprint density at radius 2 is 1.66 bits per heavy atom. The minimum atomic E-state index is -0.865. The summed E-state index contributed by atoms with van der Waals surface area (Å²) in [4.78, 5) is 31.7. The van der Waals surface area contributed by atoms with Gasteiger partial charge in [-0.05, 0) is 67.1 Å². The van der Waals surface area contributed by atoms with Crippen molar-refractivity contribution < 1.29 is 18.4 Å². The SMILES string of the molecule is Cc1cc(N2C[C@@H](C)C[C@H](C)C2)nc2ccc(NC(=O)CCC(=O)Nc3ccc(F)cc3F)cc12. The number of benzene rings is 2. The van der Waals surface area contributed by atoms with E-state index in [4.69, 9.17) is 4.98 Å². The Bertz CT molecular complexity index is 1250. The van der Waals surface area contributed by atoms with Gasteiger partial charge in [0.05, 0.1) is 11.2 Å². The molecule has 1 fully saturated rings. The van der Waals surface area contributed by atoms with Crippen molar-refractivity contribution in [3.63, 3.8) is 0 Å². The maximum absolute atomic E-state index is 13.7. The van der Waals surface area contributed by atoms with Crippen molar-refractivity contribution in [1.29, 1.82) is 0 Å². The normalized spacial score (nSPS) is 17.9. The van der Waals surface area contributed by atoms with E-state index in [2.05, 4.69) is 35.4 Å². The van der Waals surface area contributed by atoms with Crippen LogP contribution in [0, 0.1) is 30.4 Å². The van der Waals surface area contributed by atoms with Gasteiger partial charge in [0.15, 0.2) is 0 Å². The maximum Gasteiger partial charge on any atom is 0.224 e. The number of anilines is 3. The van der Waals surface area contributed by atoms with Gasteiger partial charge < -0.3 is 15.5 Å². The minimum Gasteiger partial charge on any atom is -0.356 e. The lowest BCUT2D eigenvalue weighted by atomic mass is 9.92. The lowest BCUT2D eigenvalue weighted by molar-refractivity contribution is -0.121. The molecule has 1 aliphatic heterocycles. The molecule has 1 aromatic heterocycles. The number of carbonyl (C=O) groups excluding carboxylic acids is 2. The number of fused-ring (bicyclic) bond motifs is 1. The maximum atomic E-state index is 13.7. The van der Waals surface area contributed by atoms with E-state index in [1.807, 2.05) is 19.1 Å². The second-order valence-corrected chi connectivity index (χ2v) is 9.60. The number of amides is 2. The summed E-state index contributed by atoms with van der Waals surface area (Å²) in [6.07, 6.45) is 1.03. The van der Waals surface area contributed by atoms with Crippen LogP contribution < -0.4 is 15.5 Å². The Morgan fingerprint density at radius 3 is 2.34 bits per heavy atom. The Kier molecular flexibility index (Phi) is 7.28. The lowest BCUT2D eigenvalue weighted by Crippen LogP contribution is -2.39. The zero-order valence-corrected chi connectivity index (χ0v) is 20.2. The number of nitrogens with zero attached hydrogens (tertiary/aromatic N) is 2. The zero-order valence-electron chi connectivity index (χ0n) is 20.2. The molecule has 2 atom stereocenters. The second kappa shape index (κ2) is 10.4. The van der Waals surface area contributed by atoms with Crippen molar-refractivity contribution in [2.45, 2.75) is 40.0 Å². The van der Waals surface area contributed by atoms with Crippen molar-refractivity contribution in [3.05, 3.63) is 59.7 Å². The fourth-order valence-corrected chi connectivity index (χ4v) is 4.72. The first-order valence-corrected chi connectivity index (χ1v) is 11.9. The number of piperidine rings is 1. The number of nitrogens with one attached hydrogen (secondary N) is 2. The van der Waals surface area contributed by atoms with E-state index in [9.17, 15) is 18.4 Å². The molecule has 8 heteroatoms. The highest BCUT2D eigenvalue weighted by Gasteiger charge is 2.23. The number of hydrogen-bond donors (Lipinski definition) is 2. The molecule has 0 bridgehead atoms. The van der Waals surface area contributed by atoms with Crippen LogP contribution in [0.5, 0.6) is 0 Å². The number of halogens is 2. The van der Waals surface area contributed by atoms with Crippen molar-refractivity contribution in [3.8, 4) is 0 Å². The van der Waals surface area contributed by atoms with Crippen LogP contribution in [0.1, 0.15) is 38.7 Å². The summed E-state index contributed by atoms with van der Waals surface area (Å²) in [7, 11) is 0. The van der Waals surface area contributed by atoms with E-state index < -0.39 is 17.5 Å². The molecule has 2 aromatic carbocycles. The molecule has 2 N–H and O–H groups in total. The van der Waals surface area contributed by atoms with E-state index in [0.29, 0.717) is 23.6 Å². The van der Waals surface area contributed by atoms with Crippen LogP contribution in [0.15, 0.2) is 42.5 Å². The molecule has 0 radical (unpaired) electrons. The quantitative estimate of drug-likeness (QED) is 0.477. The fourth-order valence-electron chi connectivity index (χ4n) is 4.72. The second-order valence-electron chi connectivity index (χ2n) is 9.60. The highest BCUT2D eigenvalue weighted by atomic mass is 19.1. The van der Waals surface area contributed by atoms with Gasteiger partial charge >= 0.3 is 0 Å². The number of rotatable bonds is 6. The van der Waals surface area contributed by atoms with Gasteiger partial charge in [-0.15, -0.1) is 0 Å². The van der Waals surface area contributed by atoms with Gasteiger partial charge in [-0.2, -0.15) is 0 Å². The van der Waals surface area contributed by atoms with E-state index in [1.165, 1.54) is 6.42 Å². The highest BCUT2D eigenvalue weighted by molar-refractivity contribution is 5.98. The van der Waals surface area contributed by atoms with Gasteiger partial charge in [0.25, 0.3) is 0 Å². The first kappa shape index (κ1) is 24.6. The average Bonchev–Trinajstić information content (AvgIpc) is 2.79. The molecular weight excluding hydrogens is 450 g/mol. The summed E-state index contributed by atoms with van der Waals surface area (Å²) in [5, 5.41) is 6.11. The molecule has 0 spiro atoms. The van der Waals surface area contributed by atoms with Crippen LogP contribution in [0.3, 0.4) is 0 Å². The van der Waals surface area contributed by atoms with Crippen LogP contribution >= 0.6 is 0 Å². The molecule has 4 rings (SSSR count). The Labute approximate surface area is 203 Å². The van der Waals surface area contributed by atoms with Gasteiger partial charge in [0.1, 0.15) is 17.5 Å². The zero-order chi connectivity index (χ0) is 25.1. The van der Waals surface area contributed by atoms with Crippen LogP contribution in [0.2, 0.25) is 0 Å². The molecule has 6 nitrogen and oxygen atoms in total. The van der Waals surface area contributed by atoms with Crippen LogP contribution in [-0.2, 0) is 9.59 Å². The van der Waals surface area contributed by atoms with Gasteiger partial charge in [0.2, 0.25) is 11.8 Å². The topological polar surface area (TPSA) is 74.3 Å². The third-order valence-electron chi connectivity index (χ3n) is 6.26. The van der Waals surface area contributed by atoms with Crippen LogP contribution in [0.25, 0.3) is 10.9 Å². The molecule has 3 aromatic rings. The van der Waals surface area contributed by atoms with Gasteiger partial charge in [0, 0.05) is 43.1 Å². The number of hydrogen-bond acceptors (Lipinski definition) is 4. The lowest BCUT2D eigenvalue weighted by Gasteiger charge is -2.36. The molecule has 0 aliphatic carbocycles. The summed E-state index contributed by atoms with van der Waals surface area (Å²) in [5.41, 5.74) is 2.43. The number of aryl methyl sites for hydroxylation is 1. The van der Waals surface area contributed by atoms with Gasteiger partial charge in [-0.25, -0.2) is 13.8 Å². The van der Waals surface area contributed by atoms with E-state index in [0.717, 1.165) is 47.5 Å². The van der Waals surface area contributed by atoms with Crippen molar-refractivity contribution in [2.75, 3.05) is 28.6 Å². The van der Waals surface area contributed by atoms with Crippen LogP contribution in [0.4, 0.5) is 26.0 Å². The molecule has 1 aliphatic rings. The molecule has 35 heavy (non-hydrogen) atoms. The fraction of sp³-hybridized carbons (Fsp3) is 0.370. The monoisotopic (exact) mass is 480 g/mol. The molecule has 0 unspecified atom stereocenters. The van der Waals surface area contributed by atoms with Crippen molar-refractivity contribution in [2.24, 2.45) is 11.8 Å². The Morgan fingerprint density at radius 1 is 0.971 bits per heavy atom. The largest absolute Gasteiger partial charge is 0.356 e. The molecular formula is C27H30F2N4O2. The highest BCUT2D eigenvalue weighted by Crippen LogP contribution is 2.29. The van der Waals surface area contributed by atoms with Crippen molar-refractivity contribution in [1.82, 2.24) is 4.98 Å². The average molecular weight is 481 g/mol. The molecule has 184 valence electrons. The third kappa shape index (κ3) is 6.12. The van der Waals surface area contributed by atoms with Gasteiger partial charge in [-0.1, -0.05) is 13.8 Å². The molecule has 2 heterocycles. The van der Waals surface area contributed by atoms with E-state index in [1.54, 1.807) is 6.07 Å². The molecule has 1 saturated heterocycles. The van der Waals surface area contributed by atoms with E-state index >= 15 is 0 Å². The summed E-state index contributed by atoms with van der Waals surface area (Å²) in [6.45, 7) is 8.58. The third-order valence-corrected chi connectivity index (χ3v) is 6.26. The predicted molar refractivity (Wildman–Crippen MR) is 134 cm³/mol. The smallest absolute Gasteiger partial charge is 0.224 e. The first-order chi connectivity index (χ1) is 16.7. The summed E-state index contributed by atoms with van der Waals surface area (Å²) >= 11 is 0. The van der Waals surface area contributed by atoms with E-state index in [-0.39, 0.29) is 24.4 Å². The number of carbonyl (C=O) groups is 2. The molecule has 0 saturated carbocycles. The first-order valence-electron chi connectivity index (χ1n) is 11.9. The standard InChI is InChI=1S/C27H30F2N4O2/c1-16-10-17(2)15-33(14-16)25-11-18(3)21-13-20(5-7-23(21)31-25)30-26(34)8-9-27(35)32-24-6-4-19(28)12-22(24)29/h4-7,11-13,16-17H,8-10,14-15H2,1-3H3,(H,30,34)(H,32,35)/t16-,17-/m0/s1.